The van der Waals surface area contributed by atoms with Crippen LogP contribution >= 0.6 is 0 Å². The minimum absolute atomic E-state index is 0.204. The molecule has 1 amide bonds. The van der Waals surface area contributed by atoms with Crippen LogP contribution in [-0.2, 0) is 19.6 Å². The predicted molar refractivity (Wildman–Crippen MR) is 84.6 cm³/mol. The van der Waals surface area contributed by atoms with E-state index >= 15 is 0 Å². The van der Waals surface area contributed by atoms with Crippen LogP contribution in [0, 0.1) is 5.92 Å². The van der Waals surface area contributed by atoms with Crippen molar-refractivity contribution >= 4 is 21.7 Å². The number of amides is 1. The largest absolute Gasteiger partial charge is 0.345 e. The standard InChI is InChI=1S/C14H27N3O4S/c1-9(2)7-11(15)14(19)16-12-6-5-10(3)17(8-13(12)18)22(4,20)21/h9-12H,5-8,15H2,1-4H3,(H,16,19)/t10-,11+,12+/m1/s1. The lowest BCUT2D eigenvalue weighted by molar-refractivity contribution is -0.128. The third-order valence-corrected chi connectivity index (χ3v) is 5.21. The van der Waals surface area contributed by atoms with Gasteiger partial charge in [-0.15, -0.1) is 0 Å². The van der Waals surface area contributed by atoms with Crippen LogP contribution < -0.4 is 11.1 Å². The van der Waals surface area contributed by atoms with Crippen molar-refractivity contribution in [2.75, 3.05) is 12.8 Å². The summed E-state index contributed by atoms with van der Waals surface area (Å²) in [5.41, 5.74) is 5.81. The van der Waals surface area contributed by atoms with E-state index in [-0.39, 0.29) is 30.2 Å². The summed E-state index contributed by atoms with van der Waals surface area (Å²) in [6.07, 6.45) is 2.57. The summed E-state index contributed by atoms with van der Waals surface area (Å²) in [7, 11) is -3.44. The van der Waals surface area contributed by atoms with Crippen molar-refractivity contribution in [3.8, 4) is 0 Å². The summed E-state index contributed by atoms with van der Waals surface area (Å²) in [5.74, 6) is -0.362. The third kappa shape index (κ3) is 5.33. The number of hydrogen-bond donors (Lipinski definition) is 2. The van der Waals surface area contributed by atoms with E-state index in [0.717, 1.165) is 6.26 Å². The molecule has 8 heteroatoms. The summed E-state index contributed by atoms with van der Waals surface area (Å²) in [4.78, 5) is 24.3. The minimum atomic E-state index is -3.44. The van der Waals surface area contributed by atoms with E-state index in [9.17, 15) is 18.0 Å². The van der Waals surface area contributed by atoms with Crippen LogP contribution in [0.4, 0.5) is 0 Å². The molecule has 128 valence electrons. The average Bonchev–Trinajstić information content (AvgIpc) is 2.50. The molecule has 1 aliphatic heterocycles. The van der Waals surface area contributed by atoms with Gasteiger partial charge in [-0.05, 0) is 32.1 Å². The molecule has 1 fully saturated rings. The second-order valence-electron chi connectivity index (χ2n) is 6.50. The van der Waals surface area contributed by atoms with Gasteiger partial charge in [-0.1, -0.05) is 13.8 Å². The molecule has 0 saturated carbocycles. The Morgan fingerprint density at radius 3 is 2.50 bits per heavy atom. The molecule has 3 N–H and O–H groups in total. The quantitative estimate of drug-likeness (QED) is 0.727. The highest BCUT2D eigenvalue weighted by Crippen LogP contribution is 2.18. The van der Waals surface area contributed by atoms with Gasteiger partial charge in [-0.3, -0.25) is 9.59 Å². The molecule has 7 nitrogen and oxygen atoms in total. The summed E-state index contributed by atoms with van der Waals surface area (Å²) < 4.78 is 24.6. The topological polar surface area (TPSA) is 110 Å². The maximum atomic E-state index is 12.2. The van der Waals surface area contributed by atoms with Crippen molar-refractivity contribution in [3.63, 3.8) is 0 Å². The van der Waals surface area contributed by atoms with Gasteiger partial charge in [0.2, 0.25) is 15.9 Å². The van der Waals surface area contributed by atoms with Gasteiger partial charge in [-0.2, -0.15) is 4.31 Å². The number of rotatable bonds is 5. The molecule has 1 saturated heterocycles. The van der Waals surface area contributed by atoms with Crippen molar-refractivity contribution in [1.29, 1.82) is 0 Å². The lowest BCUT2D eigenvalue weighted by atomic mass is 10.0. The Labute approximate surface area is 132 Å². The molecule has 3 atom stereocenters. The fourth-order valence-electron chi connectivity index (χ4n) is 2.62. The van der Waals surface area contributed by atoms with E-state index in [2.05, 4.69) is 5.32 Å². The predicted octanol–water partition coefficient (Wildman–Crippen LogP) is -0.142. The number of carbonyl (C=O) groups excluding carboxylic acids is 2. The molecule has 1 rings (SSSR count). The van der Waals surface area contributed by atoms with Gasteiger partial charge < -0.3 is 11.1 Å². The van der Waals surface area contributed by atoms with Crippen LogP contribution in [0.1, 0.15) is 40.0 Å². The number of nitrogens with zero attached hydrogens (tertiary/aromatic N) is 1. The Balaban J connectivity index is 2.74. The SMILES string of the molecule is CC(C)C[C@H](N)C(=O)N[C@H]1CC[C@@H](C)N(S(C)(=O)=O)CC1=O. The van der Waals surface area contributed by atoms with Crippen LogP contribution in [-0.4, -0.2) is 55.3 Å². The van der Waals surface area contributed by atoms with Crippen molar-refractivity contribution in [1.82, 2.24) is 9.62 Å². The fourth-order valence-corrected chi connectivity index (χ4v) is 3.74. The Bertz CT molecular complexity index is 518. The molecule has 0 unspecified atom stereocenters. The number of sulfonamides is 1. The second-order valence-corrected chi connectivity index (χ2v) is 8.43. The van der Waals surface area contributed by atoms with Gasteiger partial charge in [0.15, 0.2) is 5.78 Å². The van der Waals surface area contributed by atoms with Crippen LogP contribution in [0.2, 0.25) is 0 Å². The molecule has 0 aliphatic carbocycles. The van der Waals surface area contributed by atoms with E-state index in [1.54, 1.807) is 6.92 Å². The first-order valence-corrected chi connectivity index (χ1v) is 9.42. The Morgan fingerprint density at radius 1 is 1.41 bits per heavy atom. The highest BCUT2D eigenvalue weighted by Gasteiger charge is 2.34. The maximum absolute atomic E-state index is 12.2. The molecule has 0 aromatic rings. The number of ketones is 1. The lowest BCUT2D eigenvalue weighted by Gasteiger charge is -2.23. The van der Waals surface area contributed by atoms with E-state index in [0.29, 0.717) is 19.3 Å². The molecule has 0 spiro atoms. The van der Waals surface area contributed by atoms with Gasteiger partial charge >= 0.3 is 0 Å². The van der Waals surface area contributed by atoms with E-state index < -0.39 is 22.1 Å². The summed E-state index contributed by atoms with van der Waals surface area (Å²) in [6, 6.07) is -1.58. The number of Topliss-reactive ketones (excluding diaryl/α,β-unsaturated/α-hetero) is 1. The Morgan fingerprint density at radius 2 is 2.00 bits per heavy atom. The molecule has 1 aliphatic rings. The molecule has 22 heavy (non-hydrogen) atoms. The van der Waals surface area contributed by atoms with Gasteiger partial charge in [0.05, 0.1) is 24.9 Å². The first-order chi connectivity index (χ1) is 10.0. The fraction of sp³-hybridized carbons (Fsp3) is 0.857. The number of hydrogen-bond acceptors (Lipinski definition) is 5. The van der Waals surface area contributed by atoms with Crippen LogP contribution in [0.5, 0.6) is 0 Å². The monoisotopic (exact) mass is 333 g/mol. The molecule has 0 radical (unpaired) electrons. The number of nitrogens with one attached hydrogen (secondary N) is 1. The maximum Gasteiger partial charge on any atom is 0.237 e. The van der Waals surface area contributed by atoms with E-state index in [1.165, 1.54) is 4.31 Å². The molecule has 0 aromatic carbocycles. The molecular formula is C14H27N3O4S. The van der Waals surface area contributed by atoms with Gasteiger partial charge in [0.25, 0.3) is 0 Å². The van der Waals surface area contributed by atoms with Gasteiger partial charge in [0.1, 0.15) is 0 Å². The lowest BCUT2D eigenvalue weighted by Crippen LogP contribution is -2.50. The van der Waals surface area contributed by atoms with Crippen molar-refractivity contribution < 1.29 is 18.0 Å². The highest BCUT2D eigenvalue weighted by molar-refractivity contribution is 7.88. The Hall–Kier alpha value is -0.990. The zero-order valence-electron chi connectivity index (χ0n) is 13.7. The smallest absolute Gasteiger partial charge is 0.237 e. The average molecular weight is 333 g/mol. The van der Waals surface area contributed by atoms with Gasteiger partial charge in [-0.25, -0.2) is 8.42 Å². The van der Waals surface area contributed by atoms with Crippen LogP contribution in [0.15, 0.2) is 0 Å². The summed E-state index contributed by atoms with van der Waals surface area (Å²) in [5, 5.41) is 2.67. The summed E-state index contributed by atoms with van der Waals surface area (Å²) in [6.45, 7) is 5.50. The van der Waals surface area contributed by atoms with Crippen molar-refractivity contribution in [2.24, 2.45) is 11.7 Å². The minimum Gasteiger partial charge on any atom is -0.345 e. The van der Waals surface area contributed by atoms with Crippen molar-refractivity contribution in [2.45, 2.75) is 58.2 Å². The van der Waals surface area contributed by atoms with Gasteiger partial charge in [0, 0.05) is 6.04 Å². The first kappa shape index (κ1) is 19.1. The number of nitrogens with two attached hydrogens (primary N) is 1. The van der Waals surface area contributed by atoms with Crippen LogP contribution in [0.3, 0.4) is 0 Å². The zero-order chi connectivity index (χ0) is 17.1. The summed E-state index contributed by atoms with van der Waals surface area (Å²) >= 11 is 0. The van der Waals surface area contributed by atoms with E-state index in [1.807, 2.05) is 13.8 Å². The number of carbonyl (C=O) groups is 2. The first-order valence-electron chi connectivity index (χ1n) is 7.57. The van der Waals surface area contributed by atoms with Crippen LogP contribution in [0.25, 0.3) is 0 Å². The molecule has 0 bridgehead atoms. The molecule has 0 aromatic heterocycles. The molecular weight excluding hydrogens is 306 g/mol. The van der Waals surface area contributed by atoms with E-state index in [4.69, 9.17) is 5.73 Å². The van der Waals surface area contributed by atoms with Crippen molar-refractivity contribution in [3.05, 3.63) is 0 Å². The Kier molecular flexibility index (Phi) is 6.51. The zero-order valence-corrected chi connectivity index (χ0v) is 14.5. The normalized spacial score (nSPS) is 25.8. The third-order valence-electron chi connectivity index (χ3n) is 3.87. The second kappa shape index (κ2) is 7.52. The molecule has 1 heterocycles. The highest BCUT2D eigenvalue weighted by atomic mass is 32.2.